The lowest BCUT2D eigenvalue weighted by molar-refractivity contribution is -0.117. The largest absolute Gasteiger partial charge is 0.377 e. The van der Waals surface area contributed by atoms with Crippen LogP contribution in [0.1, 0.15) is 38.2 Å². The third-order valence-corrected chi connectivity index (χ3v) is 3.85. The van der Waals surface area contributed by atoms with Crippen molar-refractivity contribution in [3.05, 3.63) is 29.8 Å². The van der Waals surface area contributed by atoms with E-state index in [0.29, 0.717) is 25.6 Å². The number of carbonyl (C=O) groups is 1. The number of anilines is 1. The van der Waals surface area contributed by atoms with Gasteiger partial charge in [-0.25, -0.2) is 0 Å². The lowest BCUT2D eigenvalue weighted by Crippen LogP contribution is -2.28. The minimum atomic E-state index is 0.0564. The molecule has 2 rings (SSSR count). The number of nitrogens with two attached hydrogens (primary N) is 1. The molecule has 0 spiro atoms. The summed E-state index contributed by atoms with van der Waals surface area (Å²) in [5.41, 5.74) is 7.91. The lowest BCUT2D eigenvalue weighted by atomic mass is 10.00. The number of nitrogens with one attached hydrogen (secondary N) is 1. The number of hydrogen-bond donors (Lipinski definition) is 2. The fourth-order valence-electron chi connectivity index (χ4n) is 2.73. The molecule has 1 aromatic rings. The van der Waals surface area contributed by atoms with E-state index >= 15 is 0 Å². The van der Waals surface area contributed by atoms with E-state index in [9.17, 15) is 4.79 Å². The summed E-state index contributed by atoms with van der Waals surface area (Å²) in [5, 5.41) is 2.96. The van der Waals surface area contributed by atoms with E-state index in [4.69, 9.17) is 10.5 Å². The van der Waals surface area contributed by atoms with E-state index in [-0.39, 0.29) is 11.9 Å². The van der Waals surface area contributed by atoms with Crippen molar-refractivity contribution in [2.75, 3.05) is 11.9 Å². The normalized spacial score (nSPS) is 21.9. The molecular weight excluding hydrogens is 252 g/mol. The third kappa shape index (κ3) is 4.32. The smallest absolute Gasteiger partial charge is 0.224 e. The van der Waals surface area contributed by atoms with Crippen molar-refractivity contribution in [1.29, 1.82) is 0 Å². The monoisotopic (exact) mass is 276 g/mol. The number of ether oxygens (including phenoxy) is 1. The first kappa shape index (κ1) is 15.0. The number of carbonyl (C=O) groups excluding carboxylic acids is 1. The minimum absolute atomic E-state index is 0.0564. The van der Waals surface area contributed by atoms with Gasteiger partial charge in [0.2, 0.25) is 5.91 Å². The minimum Gasteiger partial charge on any atom is -0.377 e. The van der Waals surface area contributed by atoms with Crippen LogP contribution < -0.4 is 11.1 Å². The van der Waals surface area contributed by atoms with Crippen LogP contribution in [0.4, 0.5) is 5.69 Å². The van der Waals surface area contributed by atoms with Crippen LogP contribution in [0.25, 0.3) is 0 Å². The van der Waals surface area contributed by atoms with Crippen LogP contribution in [-0.2, 0) is 16.1 Å². The van der Waals surface area contributed by atoms with Crippen LogP contribution in [0.2, 0.25) is 0 Å². The van der Waals surface area contributed by atoms with Gasteiger partial charge in [-0.2, -0.15) is 0 Å². The van der Waals surface area contributed by atoms with Crippen LogP contribution in [0.5, 0.6) is 0 Å². The van der Waals surface area contributed by atoms with Crippen molar-refractivity contribution in [1.82, 2.24) is 0 Å². The fourth-order valence-corrected chi connectivity index (χ4v) is 2.73. The van der Waals surface area contributed by atoms with Crippen LogP contribution in [0.3, 0.4) is 0 Å². The highest BCUT2D eigenvalue weighted by Gasteiger charge is 2.25. The molecule has 3 N–H and O–H groups in total. The molecule has 0 unspecified atom stereocenters. The molecule has 0 aromatic heterocycles. The van der Waals surface area contributed by atoms with E-state index in [1.165, 1.54) is 0 Å². The molecule has 4 nitrogen and oxygen atoms in total. The van der Waals surface area contributed by atoms with Gasteiger partial charge < -0.3 is 15.8 Å². The molecule has 0 bridgehead atoms. The van der Waals surface area contributed by atoms with Gasteiger partial charge in [0.25, 0.3) is 0 Å². The van der Waals surface area contributed by atoms with E-state index < -0.39 is 0 Å². The highest BCUT2D eigenvalue weighted by molar-refractivity contribution is 5.91. The molecule has 0 aliphatic heterocycles. The van der Waals surface area contributed by atoms with Crippen molar-refractivity contribution in [3.8, 4) is 0 Å². The first-order chi connectivity index (χ1) is 9.69. The Labute approximate surface area is 120 Å². The average molecular weight is 276 g/mol. The summed E-state index contributed by atoms with van der Waals surface area (Å²) in [6, 6.07) is 7.98. The molecule has 1 fully saturated rings. The summed E-state index contributed by atoms with van der Waals surface area (Å²) >= 11 is 0. The van der Waals surface area contributed by atoms with Gasteiger partial charge in [-0.3, -0.25) is 4.79 Å². The summed E-state index contributed by atoms with van der Waals surface area (Å²) in [7, 11) is 0. The topological polar surface area (TPSA) is 64.3 Å². The molecular formula is C16H24N2O2. The standard InChI is InChI=1S/C16H24N2O2/c1-2-20-11-12-5-3-7-14(9-12)18-16(19)10-13-6-4-8-15(13)17/h3,5,7,9,13,15H,2,4,6,8,10-11,17H2,1H3,(H,18,19)/t13-,15+/m0/s1. The van der Waals surface area contributed by atoms with Crippen molar-refractivity contribution >= 4 is 11.6 Å². The zero-order valence-electron chi connectivity index (χ0n) is 12.1. The molecule has 4 heteroatoms. The van der Waals surface area contributed by atoms with Gasteiger partial charge >= 0.3 is 0 Å². The van der Waals surface area contributed by atoms with E-state index in [1.54, 1.807) is 0 Å². The highest BCUT2D eigenvalue weighted by Crippen LogP contribution is 2.27. The van der Waals surface area contributed by atoms with Crippen molar-refractivity contribution in [3.63, 3.8) is 0 Å². The Morgan fingerprint density at radius 3 is 3.00 bits per heavy atom. The maximum Gasteiger partial charge on any atom is 0.224 e. The zero-order valence-corrected chi connectivity index (χ0v) is 12.1. The molecule has 2 atom stereocenters. The number of amides is 1. The summed E-state index contributed by atoms with van der Waals surface area (Å²) in [6.07, 6.45) is 3.78. The third-order valence-electron chi connectivity index (χ3n) is 3.85. The molecule has 0 radical (unpaired) electrons. The van der Waals surface area contributed by atoms with Crippen LogP contribution in [0, 0.1) is 5.92 Å². The van der Waals surface area contributed by atoms with E-state index in [0.717, 1.165) is 30.5 Å². The summed E-state index contributed by atoms with van der Waals surface area (Å²) in [6.45, 7) is 3.24. The van der Waals surface area contributed by atoms with E-state index in [1.807, 2.05) is 31.2 Å². The molecule has 110 valence electrons. The SMILES string of the molecule is CCOCc1cccc(NC(=O)C[C@@H]2CCC[C@H]2N)c1. The van der Waals surface area contributed by atoms with Crippen LogP contribution >= 0.6 is 0 Å². The quantitative estimate of drug-likeness (QED) is 0.839. The summed E-state index contributed by atoms with van der Waals surface area (Å²) < 4.78 is 5.37. The Balaban J connectivity index is 1.87. The molecule has 1 aromatic carbocycles. The predicted octanol–water partition coefficient (Wildman–Crippen LogP) is 2.68. The highest BCUT2D eigenvalue weighted by atomic mass is 16.5. The predicted molar refractivity (Wildman–Crippen MR) is 80.3 cm³/mol. The average Bonchev–Trinajstić information content (AvgIpc) is 2.82. The van der Waals surface area contributed by atoms with Gasteiger partial charge in [0.1, 0.15) is 0 Å². The van der Waals surface area contributed by atoms with Crippen molar-refractivity contribution < 1.29 is 9.53 Å². The first-order valence-electron chi connectivity index (χ1n) is 7.41. The van der Waals surface area contributed by atoms with Crippen LogP contribution in [-0.4, -0.2) is 18.6 Å². The molecule has 20 heavy (non-hydrogen) atoms. The second-order valence-electron chi connectivity index (χ2n) is 5.44. The lowest BCUT2D eigenvalue weighted by Gasteiger charge is -2.15. The van der Waals surface area contributed by atoms with Gasteiger partial charge in [0.05, 0.1) is 6.61 Å². The number of benzene rings is 1. The fraction of sp³-hybridized carbons (Fsp3) is 0.562. The van der Waals surface area contributed by atoms with Crippen LogP contribution in [0.15, 0.2) is 24.3 Å². The van der Waals surface area contributed by atoms with Gasteiger partial charge in [0.15, 0.2) is 0 Å². The second-order valence-corrected chi connectivity index (χ2v) is 5.44. The maximum absolute atomic E-state index is 12.0. The van der Waals surface area contributed by atoms with Gasteiger partial charge in [-0.1, -0.05) is 18.6 Å². The van der Waals surface area contributed by atoms with Crippen molar-refractivity contribution in [2.45, 2.75) is 45.3 Å². The number of rotatable bonds is 6. The molecule has 0 saturated heterocycles. The Kier molecular flexibility index (Phi) is 5.56. The Morgan fingerprint density at radius 2 is 2.30 bits per heavy atom. The maximum atomic E-state index is 12.0. The first-order valence-corrected chi connectivity index (χ1v) is 7.41. The van der Waals surface area contributed by atoms with Crippen molar-refractivity contribution in [2.24, 2.45) is 11.7 Å². The molecule has 1 aliphatic rings. The van der Waals surface area contributed by atoms with Gasteiger partial charge in [-0.15, -0.1) is 0 Å². The molecule has 1 amide bonds. The molecule has 1 saturated carbocycles. The second kappa shape index (κ2) is 7.41. The summed E-state index contributed by atoms with van der Waals surface area (Å²) in [5.74, 6) is 0.391. The van der Waals surface area contributed by atoms with E-state index in [2.05, 4.69) is 5.32 Å². The Hall–Kier alpha value is -1.39. The Morgan fingerprint density at radius 1 is 1.45 bits per heavy atom. The van der Waals surface area contributed by atoms with Gasteiger partial charge in [-0.05, 0) is 43.4 Å². The zero-order chi connectivity index (χ0) is 14.4. The number of hydrogen-bond acceptors (Lipinski definition) is 3. The summed E-state index contributed by atoms with van der Waals surface area (Å²) in [4.78, 5) is 12.0. The molecule has 0 heterocycles. The Bertz CT molecular complexity index is 448. The van der Waals surface area contributed by atoms with Gasteiger partial charge in [0, 0.05) is 24.8 Å². The molecule has 1 aliphatic carbocycles.